The Morgan fingerprint density at radius 3 is 2.53 bits per heavy atom. The van der Waals surface area contributed by atoms with E-state index in [1.54, 1.807) is 6.20 Å². The van der Waals surface area contributed by atoms with Crippen molar-refractivity contribution in [2.45, 2.75) is 19.7 Å². The van der Waals surface area contributed by atoms with Crippen LogP contribution in [-0.2, 0) is 5.88 Å². The number of alkyl halides is 1. The lowest BCUT2D eigenvalue weighted by Crippen LogP contribution is -1.89. The Hall–Kier alpha value is -1.54. The van der Waals surface area contributed by atoms with E-state index >= 15 is 0 Å². The number of hydrogen-bond acceptors (Lipinski definition) is 2. The third kappa shape index (κ3) is 2.98. The number of aryl methyl sites for hydroxylation is 2. The standard InChI is InChI=1S/C14H14ClNO/c1-10-3-4-13(7-11(10)2)17-14-5-6-16-12(8-14)9-15/h3-8H,9H2,1-2H3. The molecule has 2 rings (SSSR count). The molecule has 88 valence electrons. The fourth-order valence-electron chi connectivity index (χ4n) is 1.51. The van der Waals surface area contributed by atoms with E-state index in [0.29, 0.717) is 5.88 Å². The highest BCUT2D eigenvalue weighted by atomic mass is 35.5. The fourth-order valence-corrected chi connectivity index (χ4v) is 1.65. The molecule has 0 aliphatic heterocycles. The molecule has 0 saturated heterocycles. The van der Waals surface area contributed by atoms with Crippen LogP contribution in [0.2, 0.25) is 0 Å². The van der Waals surface area contributed by atoms with Gasteiger partial charge >= 0.3 is 0 Å². The monoisotopic (exact) mass is 247 g/mol. The van der Waals surface area contributed by atoms with Gasteiger partial charge < -0.3 is 4.74 Å². The molecule has 2 aromatic rings. The first-order chi connectivity index (χ1) is 8.19. The van der Waals surface area contributed by atoms with Crippen molar-refractivity contribution in [3.05, 3.63) is 53.3 Å². The van der Waals surface area contributed by atoms with Crippen LogP contribution in [0.4, 0.5) is 0 Å². The van der Waals surface area contributed by atoms with Gasteiger partial charge in [-0.1, -0.05) is 6.07 Å². The van der Waals surface area contributed by atoms with Gasteiger partial charge in [-0.05, 0) is 43.2 Å². The van der Waals surface area contributed by atoms with Crippen molar-refractivity contribution >= 4 is 11.6 Å². The van der Waals surface area contributed by atoms with E-state index in [1.807, 2.05) is 30.3 Å². The second-order valence-corrected chi connectivity index (χ2v) is 4.23. The molecular weight excluding hydrogens is 234 g/mol. The van der Waals surface area contributed by atoms with E-state index in [4.69, 9.17) is 16.3 Å². The number of hydrogen-bond donors (Lipinski definition) is 0. The third-order valence-electron chi connectivity index (χ3n) is 2.64. The highest BCUT2D eigenvalue weighted by molar-refractivity contribution is 6.16. The Morgan fingerprint density at radius 2 is 1.82 bits per heavy atom. The summed E-state index contributed by atoms with van der Waals surface area (Å²) in [5, 5.41) is 0. The Morgan fingerprint density at radius 1 is 1.06 bits per heavy atom. The third-order valence-corrected chi connectivity index (χ3v) is 2.91. The summed E-state index contributed by atoms with van der Waals surface area (Å²) in [7, 11) is 0. The summed E-state index contributed by atoms with van der Waals surface area (Å²) >= 11 is 5.73. The minimum Gasteiger partial charge on any atom is -0.457 e. The molecule has 0 spiro atoms. The predicted octanol–water partition coefficient (Wildman–Crippen LogP) is 4.23. The summed E-state index contributed by atoms with van der Waals surface area (Å²) in [6, 6.07) is 9.71. The van der Waals surface area contributed by atoms with Crippen molar-refractivity contribution in [3.8, 4) is 11.5 Å². The average molecular weight is 248 g/mol. The smallest absolute Gasteiger partial charge is 0.130 e. The van der Waals surface area contributed by atoms with Crippen LogP contribution in [0, 0.1) is 13.8 Å². The normalized spacial score (nSPS) is 10.3. The summed E-state index contributed by atoms with van der Waals surface area (Å²) in [6.07, 6.45) is 1.70. The van der Waals surface area contributed by atoms with Gasteiger partial charge in [0, 0.05) is 12.3 Å². The quantitative estimate of drug-likeness (QED) is 0.758. The number of nitrogens with zero attached hydrogens (tertiary/aromatic N) is 1. The highest BCUT2D eigenvalue weighted by Gasteiger charge is 2.01. The maximum absolute atomic E-state index is 5.76. The molecule has 1 aromatic heterocycles. The molecule has 0 amide bonds. The molecule has 1 heterocycles. The summed E-state index contributed by atoms with van der Waals surface area (Å²) in [4.78, 5) is 4.12. The molecule has 0 radical (unpaired) electrons. The minimum absolute atomic E-state index is 0.393. The lowest BCUT2D eigenvalue weighted by atomic mass is 10.1. The molecular formula is C14H14ClNO. The maximum Gasteiger partial charge on any atom is 0.130 e. The number of ether oxygens (including phenoxy) is 1. The van der Waals surface area contributed by atoms with Crippen molar-refractivity contribution in [1.82, 2.24) is 4.98 Å². The lowest BCUT2D eigenvalue weighted by Gasteiger charge is -2.08. The van der Waals surface area contributed by atoms with Gasteiger partial charge in [0.05, 0.1) is 11.6 Å². The molecule has 0 aliphatic carbocycles. The average Bonchev–Trinajstić information content (AvgIpc) is 2.34. The second kappa shape index (κ2) is 5.19. The molecule has 0 aliphatic rings. The first-order valence-electron chi connectivity index (χ1n) is 5.45. The second-order valence-electron chi connectivity index (χ2n) is 3.96. The highest BCUT2D eigenvalue weighted by Crippen LogP contribution is 2.23. The summed E-state index contributed by atoms with van der Waals surface area (Å²) in [6.45, 7) is 4.15. The molecule has 0 atom stereocenters. The van der Waals surface area contributed by atoms with Gasteiger partial charge in [-0.25, -0.2) is 0 Å². The van der Waals surface area contributed by atoms with Crippen molar-refractivity contribution in [3.63, 3.8) is 0 Å². The molecule has 3 heteroatoms. The Balaban J connectivity index is 2.22. The number of benzene rings is 1. The van der Waals surface area contributed by atoms with Crippen molar-refractivity contribution in [2.75, 3.05) is 0 Å². The van der Waals surface area contributed by atoms with Crippen LogP contribution in [0.5, 0.6) is 11.5 Å². The number of rotatable bonds is 3. The predicted molar refractivity (Wildman–Crippen MR) is 69.8 cm³/mol. The zero-order chi connectivity index (χ0) is 12.3. The maximum atomic E-state index is 5.76. The number of pyridine rings is 1. The van der Waals surface area contributed by atoms with E-state index in [-0.39, 0.29) is 0 Å². The Labute approximate surface area is 106 Å². The molecule has 0 fully saturated rings. The van der Waals surface area contributed by atoms with Crippen LogP contribution < -0.4 is 4.74 Å². The molecule has 0 N–H and O–H groups in total. The summed E-state index contributed by atoms with van der Waals surface area (Å²) in [5.74, 6) is 1.99. The Kier molecular flexibility index (Phi) is 3.64. The van der Waals surface area contributed by atoms with Gasteiger partial charge in [0.2, 0.25) is 0 Å². The number of aromatic nitrogens is 1. The van der Waals surface area contributed by atoms with Gasteiger partial charge in [-0.3, -0.25) is 4.98 Å². The molecule has 17 heavy (non-hydrogen) atoms. The van der Waals surface area contributed by atoms with E-state index in [9.17, 15) is 0 Å². The van der Waals surface area contributed by atoms with Gasteiger partial charge in [-0.2, -0.15) is 0 Å². The summed E-state index contributed by atoms with van der Waals surface area (Å²) in [5.41, 5.74) is 3.29. The van der Waals surface area contributed by atoms with E-state index in [2.05, 4.69) is 18.8 Å². The van der Waals surface area contributed by atoms with Crippen LogP contribution in [0.15, 0.2) is 36.5 Å². The van der Waals surface area contributed by atoms with Crippen LogP contribution >= 0.6 is 11.6 Å². The molecule has 2 nitrogen and oxygen atoms in total. The molecule has 0 unspecified atom stereocenters. The van der Waals surface area contributed by atoms with Crippen LogP contribution in [0.3, 0.4) is 0 Å². The van der Waals surface area contributed by atoms with Gasteiger partial charge in [0.15, 0.2) is 0 Å². The zero-order valence-electron chi connectivity index (χ0n) is 9.90. The van der Waals surface area contributed by atoms with Crippen molar-refractivity contribution < 1.29 is 4.74 Å². The SMILES string of the molecule is Cc1ccc(Oc2ccnc(CCl)c2)cc1C. The fraction of sp³-hybridized carbons (Fsp3) is 0.214. The molecule has 0 saturated carbocycles. The Bertz CT molecular complexity index is 525. The lowest BCUT2D eigenvalue weighted by molar-refractivity contribution is 0.480. The van der Waals surface area contributed by atoms with Crippen molar-refractivity contribution in [2.24, 2.45) is 0 Å². The molecule has 0 bridgehead atoms. The summed E-state index contributed by atoms with van der Waals surface area (Å²) < 4.78 is 5.76. The largest absolute Gasteiger partial charge is 0.457 e. The zero-order valence-corrected chi connectivity index (χ0v) is 10.7. The first-order valence-corrected chi connectivity index (χ1v) is 5.98. The van der Waals surface area contributed by atoms with Gasteiger partial charge in [0.25, 0.3) is 0 Å². The topological polar surface area (TPSA) is 22.1 Å². The first kappa shape index (κ1) is 11.9. The van der Waals surface area contributed by atoms with E-state index in [0.717, 1.165) is 17.2 Å². The van der Waals surface area contributed by atoms with E-state index in [1.165, 1.54) is 11.1 Å². The van der Waals surface area contributed by atoms with Crippen LogP contribution in [-0.4, -0.2) is 4.98 Å². The van der Waals surface area contributed by atoms with Gasteiger partial charge in [-0.15, -0.1) is 11.6 Å². The number of halogens is 1. The molecule has 1 aromatic carbocycles. The van der Waals surface area contributed by atoms with Crippen molar-refractivity contribution in [1.29, 1.82) is 0 Å². The minimum atomic E-state index is 0.393. The van der Waals surface area contributed by atoms with Gasteiger partial charge in [0.1, 0.15) is 11.5 Å². The van der Waals surface area contributed by atoms with Crippen LogP contribution in [0.25, 0.3) is 0 Å². The van der Waals surface area contributed by atoms with E-state index < -0.39 is 0 Å². The van der Waals surface area contributed by atoms with Crippen LogP contribution in [0.1, 0.15) is 16.8 Å².